The zero-order chi connectivity index (χ0) is 13.7. The Kier molecular flexibility index (Phi) is 4.30. The fourth-order valence-electron chi connectivity index (χ4n) is 1.92. The zero-order valence-corrected chi connectivity index (χ0v) is 10.4. The third-order valence-corrected chi connectivity index (χ3v) is 2.92. The third kappa shape index (κ3) is 3.42. The van der Waals surface area contributed by atoms with E-state index in [1.165, 1.54) is 6.08 Å². The van der Waals surface area contributed by atoms with Crippen LogP contribution >= 0.6 is 0 Å². The van der Waals surface area contributed by atoms with E-state index in [-0.39, 0.29) is 18.9 Å². The number of ketones is 1. The Bertz CT molecular complexity index is 483. The molecule has 1 N–H and O–H groups in total. The van der Waals surface area contributed by atoms with Crippen molar-refractivity contribution < 1.29 is 19.4 Å². The van der Waals surface area contributed by atoms with Crippen LogP contribution in [0, 0.1) is 0 Å². The van der Waals surface area contributed by atoms with Crippen LogP contribution in [0.5, 0.6) is 0 Å². The van der Waals surface area contributed by atoms with Gasteiger partial charge in [-0.05, 0) is 11.6 Å². The van der Waals surface area contributed by atoms with Crippen LogP contribution in [-0.2, 0) is 16.1 Å². The fourth-order valence-corrected chi connectivity index (χ4v) is 1.92. The summed E-state index contributed by atoms with van der Waals surface area (Å²) in [5.41, 5.74) is 0.989. The number of benzene rings is 1. The second-order valence-corrected chi connectivity index (χ2v) is 4.26. The van der Waals surface area contributed by atoms with Gasteiger partial charge in [-0.1, -0.05) is 36.4 Å². The first kappa shape index (κ1) is 13.3. The van der Waals surface area contributed by atoms with Crippen LogP contribution in [0.25, 0.3) is 0 Å². The first-order valence-electron chi connectivity index (χ1n) is 6.00. The lowest BCUT2D eigenvalue weighted by Crippen LogP contribution is -2.48. The molecule has 0 bridgehead atoms. The van der Waals surface area contributed by atoms with Crippen LogP contribution < -0.4 is 0 Å². The molecular formula is C14H15NO4. The highest BCUT2D eigenvalue weighted by Crippen LogP contribution is 2.10. The van der Waals surface area contributed by atoms with Gasteiger partial charge in [-0.2, -0.15) is 0 Å². The van der Waals surface area contributed by atoms with Crippen molar-refractivity contribution in [2.45, 2.75) is 12.6 Å². The number of rotatable bonds is 4. The van der Waals surface area contributed by atoms with Crippen molar-refractivity contribution in [3.8, 4) is 0 Å². The molecule has 0 spiro atoms. The average molecular weight is 261 g/mol. The van der Waals surface area contributed by atoms with Gasteiger partial charge in [0, 0.05) is 6.54 Å². The molecule has 1 aliphatic rings. The normalized spacial score (nSPS) is 18.6. The SMILES string of the molecule is O=C1C=CCN(C(=O)O)[C@@H]1COCc1ccccc1. The number of hydrogen-bond acceptors (Lipinski definition) is 3. The van der Waals surface area contributed by atoms with Gasteiger partial charge in [0.05, 0.1) is 13.2 Å². The summed E-state index contributed by atoms with van der Waals surface area (Å²) in [6.07, 6.45) is 1.85. The molecule has 1 atom stereocenters. The Hall–Kier alpha value is -2.14. The van der Waals surface area contributed by atoms with Gasteiger partial charge in [-0.15, -0.1) is 0 Å². The summed E-state index contributed by atoms with van der Waals surface area (Å²) in [6, 6.07) is 8.79. The summed E-state index contributed by atoms with van der Waals surface area (Å²) in [7, 11) is 0. The van der Waals surface area contributed by atoms with E-state index < -0.39 is 12.1 Å². The van der Waals surface area contributed by atoms with E-state index in [4.69, 9.17) is 9.84 Å². The number of amides is 1. The Morgan fingerprint density at radius 2 is 2.11 bits per heavy atom. The van der Waals surface area contributed by atoms with Crippen LogP contribution in [0.4, 0.5) is 4.79 Å². The van der Waals surface area contributed by atoms with Crippen molar-refractivity contribution in [1.82, 2.24) is 4.90 Å². The molecule has 1 aromatic carbocycles. The van der Waals surface area contributed by atoms with Gasteiger partial charge < -0.3 is 9.84 Å². The molecule has 1 heterocycles. The maximum atomic E-state index is 11.7. The average Bonchev–Trinajstić information content (AvgIpc) is 2.41. The summed E-state index contributed by atoms with van der Waals surface area (Å²) in [5.74, 6) is -0.235. The molecule has 0 unspecified atom stereocenters. The van der Waals surface area contributed by atoms with Gasteiger partial charge in [0.25, 0.3) is 0 Å². The van der Waals surface area contributed by atoms with Crippen molar-refractivity contribution in [2.24, 2.45) is 0 Å². The quantitative estimate of drug-likeness (QED) is 0.895. The van der Waals surface area contributed by atoms with Crippen LogP contribution in [0.3, 0.4) is 0 Å². The first-order valence-corrected chi connectivity index (χ1v) is 6.00. The molecule has 2 rings (SSSR count). The van der Waals surface area contributed by atoms with Crippen LogP contribution in [0.1, 0.15) is 5.56 Å². The van der Waals surface area contributed by atoms with Crippen LogP contribution in [-0.4, -0.2) is 41.1 Å². The van der Waals surface area contributed by atoms with Gasteiger partial charge in [0.15, 0.2) is 5.78 Å². The van der Waals surface area contributed by atoms with Crippen LogP contribution in [0.15, 0.2) is 42.5 Å². The molecule has 0 radical (unpaired) electrons. The summed E-state index contributed by atoms with van der Waals surface area (Å²) >= 11 is 0. The van der Waals surface area contributed by atoms with E-state index in [1.54, 1.807) is 6.08 Å². The Morgan fingerprint density at radius 3 is 2.79 bits per heavy atom. The van der Waals surface area contributed by atoms with E-state index in [9.17, 15) is 9.59 Å². The number of carboxylic acid groups (broad SMARTS) is 1. The van der Waals surface area contributed by atoms with E-state index in [1.807, 2.05) is 30.3 Å². The number of hydrogen-bond donors (Lipinski definition) is 1. The first-order chi connectivity index (χ1) is 9.18. The zero-order valence-electron chi connectivity index (χ0n) is 10.4. The van der Waals surface area contributed by atoms with Gasteiger partial charge in [-0.25, -0.2) is 4.79 Å². The molecule has 19 heavy (non-hydrogen) atoms. The second kappa shape index (κ2) is 6.15. The lowest BCUT2D eigenvalue weighted by Gasteiger charge is -2.28. The van der Waals surface area contributed by atoms with Crippen molar-refractivity contribution in [2.75, 3.05) is 13.2 Å². The largest absolute Gasteiger partial charge is 0.465 e. The second-order valence-electron chi connectivity index (χ2n) is 4.26. The molecule has 0 saturated carbocycles. The van der Waals surface area contributed by atoms with Crippen molar-refractivity contribution in [3.05, 3.63) is 48.0 Å². The maximum absolute atomic E-state index is 11.7. The molecule has 0 saturated heterocycles. The number of nitrogens with zero attached hydrogens (tertiary/aromatic N) is 1. The molecule has 5 nitrogen and oxygen atoms in total. The Morgan fingerprint density at radius 1 is 1.37 bits per heavy atom. The minimum absolute atomic E-state index is 0.0738. The van der Waals surface area contributed by atoms with E-state index >= 15 is 0 Å². The van der Waals surface area contributed by atoms with Gasteiger partial charge >= 0.3 is 6.09 Å². The minimum atomic E-state index is -1.11. The number of carbonyl (C=O) groups excluding carboxylic acids is 1. The van der Waals surface area contributed by atoms with E-state index in [0.717, 1.165) is 10.5 Å². The van der Waals surface area contributed by atoms with Gasteiger partial charge in [0.1, 0.15) is 6.04 Å². The molecule has 100 valence electrons. The van der Waals surface area contributed by atoms with Crippen molar-refractivity contribution in [3.63, 3.8) is 0 Å². The highest BCUT2D eigenvalue weighted by atomic mass is 16.5. The lowest BCUT2D eigenvalue weighted by molar-refractivity contribution is -0.121. The van der Waals surface area contributed by atoms with Gasteiger partial charge in [0.2, 0.25) is 0 Å². The molecular weight excluding hydrogens is 246 g/mol. The summed E-state index contributed by atoms with van der Waals surface area (Å²) in [5, 5.41) is 9.03. The van der Waals surface area contributed by atoms with Gasteiger partial charge in [-0.3, -0.25) is 9.69 Å². The van der Waals surface area contributed by atoms with Crippen molar-refractivity contribution >= 4 is 11.9 Å². The standard InChI is InChI=1S/C14H15NO4/c16-13-7-4-8-15(14(17)18)12(13)10-19-9-11-5-2-1-3-6-11/h1-7,12H,8-10H2,(H,17,18)/t12-/m1/s1. The molecule has 5 heteroatoms. The van der Waals surface area contributed by atoms with Crippen molar-refractivity contribution in [1.29, 1.82) is 0 Å². The Balaban J connectivity index is 1.91. The molecule has 1 aliphatic heterocycles. The lowest BCUT2D eigenvalue weighted by atomic mass is 10.1. The third-order valence-electron chi connectivity index (χ3n) is 2.92. The monoisotopic (exact) mass is 261 g/mol. The Labute approximate surface area is 111 Å². The predicted molar refractivity (Wildman–Crippen MR) is 68.8 cm³/mol. The summed E-state index contributed by atoms with van der Waals surface area (Å²) in [4.78, 5) is 23.8. The molecule has 1 aromatic rings. The van der Waals surface area contributed by atoms with E-state index in [0.29, 0.717) is 6.61 Å². The summed E-state index contributed by atoms with van der Waals surface area (Å²) in [6.45, 7) is 0.659. The molecule has 0 aromatic heterocycles. The smallest absolute Gasteiger partial charge is 0.408 e. The maximum Gasteiger partial charge on any atom is 0.408 e. The number of carbonyl (C=O) groups is 2. The molecule has 1 amide bonds. The highest BCUT2D eigenvalue weighted by Gasteiger charge is 2.30. The molecule has 0 aliphatic carbocycles. The number of ether oxygens (including phenoxy) is 1. The highest BCUT2D eigenvalue weighted by molar-refractivity contribution is 5.97. The minimum Gasteiger partial charge on any atom is -0.465 e. The van der Waals surface area contributed by atoms with Crippen LogP contribution in [0.2, 0.25) is 0 Å². The van der Waals surface area contributed by atoms with E-state index in [2.05, 4.69) is 0 Å². The topological polar surface area (TPSA) is 66.8 Å². The fraction of sp³-hybridized carbons (Fsp3) is 0.286. The molecule has 0 fully saturated rings. The predicted octanol–water partition coefficient (Wildman–Crippen LogP) is 1.69. The summed E-state index contributed by atoms with van der Waals surface area (Å²) < 4.78 is 5.45.